The fraction of sp³-hybridized carbons (Fsp3) is 0.538. The Morgan fingerprint density at radius 3 is 2.89 bits per heavy atom. The van der Waals surface area contributed by atoms with E-state index in [9.17, 15) is 0 Å². The number of hydrogen-bond acceptors (Lipinski definition) is 5. The normalized spacial score (nSPS) is 11.0. The average Bonchev–Trinajstić information content (AvgIpc) is 2.74. The van der Waals surface area contributed by atoms with Crippen molar-refractivity contribution in [2.24, 2.45) is 5.73 Å². The van der Waals surface area contributed by atoms with Crippen LogP contribution in [0.5, 0.6) is 0 Å². The number of nitrogens with two attached hydrogens (primary N) is 1. The molecule has 2 rings (SSSR count). The molecule has 0 saturated heterocycles. The molecule has 18 heavy (non-hydrogen) atoms. The van der Waals surface area contributed by atoms with E-state index in [2.05, 4.69) is 28.3 Å². The standard InChI is InChI=1S/C13H20N4S/c1-10-8-11-12(16-9-17-13(11)18-10)15-7-5-3-2-4-6-14/h8-9H,2-7,14H2,1H3,(H,15,16,17). The number of unbranched alkanes of at least 4 members (excludes halogenated alkanes) is 3. The minimum absolute atomic E-state index is 0.800. The third kappa shape index (κ3) is 3.40. The number of aromatic nitrogens is 2. The molecule has 0 aliphatic heterocycles. The molecular formula is C13H20N4S. The number of fused-ring (bicyclic) bond motifs is 1. The molecular weight excluding hydrogens is 244 g/mol. The molecule has 0 fully saturated rings. The number of nitrogens with zero attached hydrogens (tertiary/aromatic N) is 2. The Morgan fingerprint density at radius 2 is 2.06 bits per heavy atom. The lowest BCUT2D eigenvalue weighted by atomic mass is 10.2. The fourth-order valence-corrected chi connectivity index (χ4v) is 2.79. The van der Waals surface area contributed by atoms with Crippen molar-refractivity contribution < 1.29 is 0 Å². The van der Waals surface area contributed by atoms with Crippen molar-refractivity contribution in [1.29, 1.82) is 0 Å². The van der Waals surface area contributed by atoms with E-state index in [1.165, 1.54) is 17.7 Å². The first kappa shape index (κ1) is 13.2. The number of thiophene rings is 1. The van der Waals surface area contributed by atoms with Crippen molar-refractivity contribution in [2.75, 3.05) is 18.4 Å². The molecule has 0 bridgehead atoms. The molecule has 5 heteroatoms. The number of rotatable bonds is 7. The minimum atomic E-state index is 0.800. The first-order chi connectivity index (χ1) is 8.81. The van der Waals surface area contributed by atoms with Crippen LogP contribution in [0.3, 0.4) is 0 Å². The summed E-state index contributed by atoms with van der Waals surface area (Å²) in [5.74, 6) is 0.961. The van der Waals surface area contributed by atoms with Gasteiger partial charge in [-0.2, -0.15) is 0 Å². The number of aryl methyl sites for hydroxylation is 1. The molecule has 0 radical (unpaired) electrons. The predicted octanol–water partition coefficient (Wildman–Crippen LogP) is 2.93. The van der Waals surface area contributed by atoms with Gasteiger partial charge in [-0.05, 0) is 32.4 Å². The Balaban J connectivity index is 1.87. The first-order valence-corrected chi connectivity index (χ1v) is 7.28. The summed E-state index contributed by atoms with van der Waals surface area (Å²) in [6.07, 6.45) is 6.36. The Morgan fingerprint density at radius 1 is 1.22 bits per heavy atom. The molecule has 0 aliphatic carbocycles. The number of hydrogen-bond donors (Lipinski definition) is 2. The summed E-state index contributed by atoms with van der Waals surface area (Å²) in [5, 5.41) is 4.54. The highest BCUT2D eigenvalue weighted by atomic mass is 32.1. The van der Waals surface area contributed by atoms with E-state index in [-0.39, 0.29) is 0 Å². The summed E-state index contributed by atoms with van der Waals surface area (Å²) >= 11 is 1.71. The third-order valence-corrected chi connectivity index (χ3v) is 3.83. The van der Waals surface area contributed by atoms with Crippen LogP contribution < -0.4 is 11.1 Å². The Kier molecular flexibility index (Phi) is 4.90. The van der Waals surface area contributed by atoms with Crippen LogP contribution in [-0.4, -0.2) is 23.1 Å². The van der Waals surface area contributed by atoms with Crippen LogP contribution in [0.25, 0.3) is 10.2 Å². The van der Waals surface area contributed by atoms with E-state index in [0.29, 0.717) is 0 Å². The molecule has 0 aromatic carbocycles. The van der Waals surface area contributed by atoms with Gasteiger partial charge in [0.15, 0.2) is 0 Å². The summed E-state index contributed by atoms with van der Waals surface area (Å²) in [6.45, 7) is 3.86. The van der Waals surface area contributed by atoms with Crippen molar-refractivity contribution in [3.8, 4) is 0 Å². The molecule has 0 spiro atoms. The lowest BCUT2D eigenvalue weighted by Crippen LogP contribution is -2.04. The molecule has 0 saturated carbocycles. The lowest BCUT2D eigenvalue weighted by Gasteiger charge is -2.05. The second kappa shape index (κ2) is 6.66. The zero-order chi connectivity index (χ0) is 12.8. The van der Waals surface area contributed by atoms with Gasteiger partial charge in [-0.25, -0.2) is 9.97 Å². The van der Waals surface area contributed by atoms with Gasteiger partial charge < -0.3 is 11.1 Å². The van der Waals surface area contributed by atoms with Crippen LogP contribution in [0.1, 0.15) is 30.6 Å². The molecule has 2 aromatic heterocycles. The maximum atomic E-state index is 5.47. The second-order valence-electron chi connectivity index (χ2n) is 4.43. The molecule has 0 unspecified atom stereocenters. The number of anilines is 1. The molecule has 4 nitrogen and oxygen atoms in total. The van der Waals surface area contributed by atoms with Gasteiger partial charge in [0.1, 0.15) is 17.0 Å². The molecule has 0 aliphatic rings. The first-order valence-electron chi connectivity index (χ1n) is 6.46. The number of nitrogens with one attached hydrogen (secondary N) is 1. The van der Waals surface area contributed by atoms with E-state index in [1.54, 1.807) is 17.7 Å². The Hall–Kier alpha value is -1.20. The second-order valence-corrected chi connectivity index (χ2v) is 5.66. The SMILES string of the molecule is Cc1cc2c(NCCCCCCN)ncnc2s1. The highest BCUT2D eigenvalue weighted by Crippen LogP contribution is 2.27. The molecule has 3 N–H and O–H groups in total. The van der Waals surface area contributed by atoms with Crippen molar-refractivity contribution >= 4 is 27.4 Å². The zero-order valence-electron chi connectivity index (χ0n) is 10.8. The Bertz CT molecular complexity index is 495. The van der Waals surface area contributed by atoms with Gasteiger partial charge in [0.05, 0.1) is 5.39 Å². The zero-order valence-corrected chi connectivity index (χ0v) is 11.6. The van der Waals surface area contributed by atoms with Gasteiger partial charge in [-0.15, -0.1) is 11.3 Å². The van der Waals surface area contributed by atoms with Gasteiger partial charge in [-0.3, -0.25) is 0 Å². The summed E-state index contributed by atoms with van der Waals surface area (Å²) in [5.41, 5.74) is 5.47. The highest BCUT2D eigenvalue weighted by Gasteiger charge is 2.05. The van der Waals surface area contributed by atoms with Crippen molar-refractivity contribution in [1.82, 2.24) is 9.97 Å². The molecule has 0 amide bonds. The van der Waals surface area contributed by atoms with E-state index in [1.807, 2.05) is 0 Å². The average molecular weight is 264 g/mol. The molecule has 0 atom stereocenters. The maximum Gasteiger partial charge on any atom is 0.138 e. The van der Waals surface area contributed by atoms with Crippen LogP contribution in [0.2, 0.25) is 0 Å². The van der Waals surface area contributed by atoms with Gasteiger partial charge in [-0.1, -0.05) is 12.8 Å². The molecule has 98 valence electrons. The van der Waals surface area contributed by atoms with Crippen molar-refractivity contribution in [3.63, 3.8) is 0 Å². The smallest absolute Gasteiger partial charge is 0.138 e. The van der Waals surface area contributed by atoms with E-state index >= 15 is 0 Å². The van der Waals surface area contributed by atoms with Gasteiger partial charge in [0.2, 0.25) is 0 Å². The van der Waals surface area contributed by atoms with Gasteiger partial charge in [0.25, 0.3) is 0 Å². The van der Waals surface area contributed by atoms with Crippen LogP contribution in [-0.2, 0) is 0 Å². The van der Waals surface area contributed by atoms with Crippen LogP contribution in [0.15, 0.2) is 12.4 Å². The Labute approximate surface area is 112 Å². The van der Waals surface area contributed by atoms with Crippen LogP contribution in [0, 0.1) is 6.92 Å². The molecule has 2 aromatic rings. The largest absolute Gasteiger partial charge is 0.369 e. The highest BCUT2D eigenvalue weighted by molar-refractivity contribution is 7.18. The van der Waals surface area contributed by atoms with E-state index in [4.69, 9.17) is 5.73 Å². The van der Waals surface area contributed by atoms with E-state index in [0.717, 1.165) is 42.0 Å². The van der Waals surface area contributed by atoms with E-state index < -0.39 is 0 Å². The lowest BCUT2D eigenvalue weighted by molar-refractivity contribution is 0.661. The summed E-state index contributed by atoms with van der Waals surface area (Å²) in [7, 11) is 0. The summed E-state index contributed by atoms with van der Waals surface area (Å²) < 4.78 is 0. The summed E-state index contributed by atoms with van der Waals surface area (Å²) in [6, 6.07) is 2.15. The fourth-order valence-electron chi connectivity index (χ4n) is 1.95. The topological polar surface area (TPSA) is 63.8 Å². The monoisotopic (exact) mass is 264 g/mol. The van der Waals surface area contributed by atoms with Gasteiger partial charge >= 0.3 is 0 Å². The van der Waals surface area contributed by atoms with Crippen molar-refractivity contribution in [3.05, 3.63) is 17.3 Å². The summed E-state index contributed by atoms with van der Waals surface area (Å²) in [4.78, 5) is 10.9. The van der Waals surface area contributed by atoms with Gasteiger partial charge in [0, 0.05) is 11.4 Å². The van der Waals surface area contributed by atoms with Crippen LogP contribution >= 0.6 is 11.3 Å². The van der Waals surface area contributed by atoms with Crippen molar-refractivity contribution in [2.45, 2.75) is 32.6 Å². The molecule has 2 heterocycles. The van der Waals surface area contributed by atoms with Crippen LogP contribution in [0.4, 0.5) is 5.82 Å². The third-order valence-electron chi connectivity index (χ3n) is 2.88. The predicted molar refractivity (Wildman–Crippen MR) is 78.2 cm³/mol. The minimum Gasteiger partial charge on any atom is -0.369 e. The quantitative estimate of drug-likeness (QED) is 0.755. The maximum absolute atomic E-state index is 5.47.